The highest BCUT2D eigenvalue weighted by Gasteiger charge is 2.04. The number of hydrogen-bond acceptors (Lipinski definition) is 3. The molecule has 0 fully saturated rings. The highest BCUT2D eigenvalue weighted by molar-refractivity contribution is 7.16. The number of thiazole rings is 1. The normalized spacial score (nSPS) is 10.4. The second-order valence-corrected chi connectivity index (χ2v) is 4.90. The Bertz CT molecular complexity index is 438. The summed E-state index contributed by atoms with van der Waals surface area (Å²) in [4.78, 5) is 4.38. The number of nitrogens with zero attached hydrogens (tertiary/aromatic N) is 1. The minimum atomic E-state index is 0.796. The molecule has 0 unspecified atom stereocenters. The van der Waals surface area contributed by atoms with Crippen molar-refractivity contribution in [2.75, 3.05) is 6.61 Å². The molecule has 0 saturated heterocycles. The standard InChI is InChI=1S/C14H17NOS/c1-2-3-7-10-16-13-11-15-14(17-13)12-8-5-4-6-9-12/h4-6,8-9,11H,2-3,7,10H2,1H3. The molecule has 3 heteroatoms. The predicted molar refractivity (Wildman–Crippen MR) is 72.6 cm³/mol. The molecular weight excluding hydrogens is 230 g/mol. The first kappa shape index (κ1) is 12.1. The first-order valence-electron chi connectivity index (χ1n) is 6.04. The van der Waals surface area contributed by atoms with Gasteiger partial charge in [-0.25, -0.2) is 4.98 Å². The van der Waals surface area contributed by atoms with Crippen molar-refractivity contribution in [3.8, 4) is 15.6 Å². The van der Waals surface area contributed by atoms with Gasteiger partial charge in [-0.15, -0.1) is 0 Å². The smallest absolute Gasteiger partial charge is 0.194 e. The summed E-state index contributed by atoms with van der Waals surface area (Å²) in [6.45, 7) is 2.99. The minimum absolute atomic E-state index is 0.796. The molecule has 0 aliphatic rings. The molecule has 2 nitrogen and oxygen atoms in total. The first-order chi connectivity index (χ1) is 8.40. The third kappa shape index (κ3) is 3.56. The van der Waals surface area contributed by atoms with Crippen LogP contribution in [0.3, 0.4) is 0 Å². The van der Waals surface area contributed by atoms with Crippen molar-refractivity contribution in [3.05, 3.63) is 36.5 Å². The molecule has 0 N–H and O–H groups in total. The Balaban J connectivity index is 1.92. The van der Waals surface area contributed by atoms with Crippen molar-refractivity contribution < 1.29 is 4.74 Å². The maximum absolute atomic E-state index is 5.67. The van der Waals surface area contributed by atoms with Gasteiger partial charge >= 0.3 is 0 Å². The van der Waals surface area contributed by atoms with Crippen LogP contribution in [0.15, 0.2) is 36.5 Å². The lowest BCUT2D eigenvalue weighted by Crippen LogP contribution is -1.94. The molecule has 0 aliphatic heterocycles. The third-order valence-corrected chi connectivity index (χ3v) is 3.46. The molecule has 1 aromatic heterocycles. The van der Waals surface area contributed by atoms with Gasteiger partial charge in [-0.2, -0.15) is 0 Å². The van der Waals surface area contributed by atoms with Gasteiger partial charge in [-0.3, -0.25) is 0 Å². The first-order valence-corrected chi connectivity index (χ1v) is 6.86. The van der Waals surface area contributed by atoms with Crippen molar-refractivity contribution in [2.24, 2.45) is 0 Å². The summed E-state index contributed by atoms with van der Waals surface area (Å²) in [5.74, 6) is 0. The molecule has 2 rings (SSSR count). The molecule has 0 radical (unpaired) electrons. The Morgan fingerprint density at radius 1 is 1.18 bits per heavy atom. The SMILES string of the molecule is CCCCCOc1cnc(-c2ccccc2)s1. The van der Waals surface area contributed by atoms with Crippen LogP contribution in [0.2, 0.25) is 0 Å². The van der Waals surface area contributed by atoms with E-state index < -0.39 is 0 Å². The third-order valence-electron chi connectivity index (χ3n) is 2.50. The van der Waals surface area contributed by atoms with Crippen molar-refractivity contribution in [2.45, 2.75) is 26.2 Å². The van der Waals surface area contributed by atoms with Gasteiger partial charge in [0.25, 0.3) is 0 Å². The van der Waals surface area contributed by atoms with Crippen molar-refractivity contribution >= 4 is 11.3 Å². The van der Waals surface area contributed by atoms with E-state index in [1.807, 2.05) is 24.4 Å². The molecule has 0 atom stereocenters. The van der Waals surface area contributed by atoms with Crippen LogP contribution < -0.4 is 4.74 Å². The number of unbranched alkanes of at least 4 members (excludes halogenated alkanes) is 2. The van der Waals surface area contributed by atoms with Gasteiger partial charge in [0.2, 0.25) is 0 Å². The maximum Gasteiger partial charge on any atom is 0.194 e. The fourth-order valence-corrected chi connectivity index (χ4v) is 2.36. The molecule has 90 valence electrons. The van der Waals surface area contributed by atoms with Crippen LogP contribution in [0, 0.1) is 0 Å². The van der Waals surface area contributed by atoms with E-state index in [1.54, 1.807) is 11.3 Å². The highest BCUT2D eigenvalue weighted by atomic mass is 32.1. The zero-order valence-electron chi connectivity index (χ0n) is 10.1. The number of benzene rings is 1. The molecule has 1 heterocycles. The van der Waals surface area contributed by atoms with E-state index in [0.717, 1.165) is 28.7 Å². The number of aromatic nitrogens is 1. The molecule has 0 spiro atoms. The average Bonchev–Trinajstić information content (AvgIpc) is 2.85. The molecule has 17 heavy (non-hydrogen) atoms. The summed E-state index contributed by atoms with van der Waals surface area (Å²) in [6, 6.07) is 10.2. The molecule has 2 aromatic rings. The largest absolute Gasteiger partial charge is 0.483 e. The van der Waals surface area contributed by atoms with E-state index in [9.17, 15) is 0 Å². The van der Waals surface area contributed by atoms with Crippen LogP contribution >= 0.6 is 11.3 Å². The van der Waals surface area contributed by atoms with E-state index in [0.29, 0.717) is 0 Å². The number of hydrogen-bond donors (Lipinski definition) is 0. The summed E-state index contributed by atoms with van der Waals surface area (Å²) in [5, 5.41) is 1.94. The zero-order valence-corrected chi connectivity index (χ0v) is 10.9. The monoisotopic (exact) mass is 247 g/mol. The van der Waals surface area contributed by atoms with Gasteiger partial charge in [0.1, 0.15) is 5.01 Å². The van der Waals surface area contributed by atoms with Crippen LogP contribution in [-0.4, -0.2) is 11.6 Å². The van der Waals surface area contributed by atoms with Crippen molar-refractivity contribution in [3.63, 3.8) is 0 Å². The van der Waals surface area contributed by atoms with E-state index in [-0.39, 0.29) is 0 Å². The second kappa shape index (κ2) is 6.40. The zero-order chi connectivity index (χ0) is 11.9. The lowest BCUT2D eigenvalue weighted by Gasteiger charge is -2.00. The molecular formula is C14H17NOS. The lowest BCUT2D eigenvalue weighted by molar-refractivity contribution is 0.314. The summed E-state index contributed by atoms with van der Waals surface area (Å²) in [7, 11) is 0. The lowest BCUT2D eigenvalue weighted by atomic mass is 10.2. The summed E-state index contributed by atoms with van der Waals surface area (Å²) < 4.78 is 5.67. The predicted octanol–water partition coefficient (Wildman–Crippen LogP) is 4.38. The number of rotatable bonds is 6. The van der Waals surface area contributed by atoms with Crippen molar-refractivity contribution in [1.29, 1.82) is 0 Å². The van der Waals surface area contributed by atoms with Gasteiger partial charge in [-0.1, -0.05) is 61.4 Å². The molecule has 0 saturated carbocycles. The quantitative estimate of drug-likeness (QED) is 0.707. The molecule has 0 bridgehead atoms. The molecule has 1 aromatic carbocycles. The Hall–Kier alpha value is -1.35. The Labute approximate surface area is 106 Å². The minimum Gasteiger partial charge on any atom is -0.483 e. The van der Waals surface area contributed by atoms with Crippen LogP contribution in [0.25, 0.3) is 10.6 Å². The Kier molecular flexibility index (Phi) is 4.56. The van der Waals surface area contributed by atoms with E-state index >= 15 is 0 Å². The van der Waals surface area contributed by atoms with E-state index in [2.05, 4.69) is 24.0 Å². The highest BCUT2D eigenvalue weighted by Crippen LogP contribution is 2.29. The van der Waals surface area contributed by atoms with Gasteiger partial charge in [0.05, 0.1) is 12.8 Å². The van der Waals surface area contributed by atoms with E-state index in [1.165, 1.54) is 12.8 Å². The van der Waals surface area contributed by atoms with Gasteiger partial charge in [0, 0.05) is 5.56 Å². The molecule has 0 amide bonds. The van der Waals surface area contributed by atoms with Crippen molar-refractivity contribution in [1.82, 2.24) is 4.98 Å². The summed E-state index contributed by atoms with van der Waals surface area (Å²) in [6.07, 6.45) is 5.39. The van der Waals surface area contributed by atoms with Gasteiger partial charge < -0.3 is 4.74 Å². The van der Waals surface area contributed by atoms with E-state index in [4.69, 9.17) is 4.74 Å². The summed E-state index contributed by atoms with van der Waals surface area (Å²) in [5.41, 5.74) is 1.15. The second-order valence-electron chi connectivity index (χ2n) is 3.91. The van der Waals surface area contributed by atoms with Gasteiger partial charge in [-0.05, 0) is 6.42 Å². The Morgan fingerprint density at radius 3 is 2.76 bits per heavy atom. The maximum atomic E-state index is 5.67. The fraction of sp³-hybridized carbons (Fsp3) is 0.357. The average molecular weight is 247 g/mol. The number of ether oxygens (including phenoxy) is 1. The topological polar surface area (TPSA) is 22.1 Å². The molecule has 0 aliphatic carbocycles. The van der Waals surface area contributed by atoms with Crippen LogP contribution in [-0.2, 0) is 0 Å². The summed E-state index contributed by atoms with van der Waals surface area (Å²) >= 11 is 1.61. The van der Waals surface area contributed by atoms with Gasteiger partial charge in [0.15, 0.2) is 5.06 Å². The van der Waals surface area contributed by atoms with Crippen LogP contribution in [0.5, 0.6) is 5.06 Å². The van der Waals surface area contributed by atoms with Crippen LogP contribution in [0.1, 0.15) is 26.2 Å². The fourth-order valence-electron chi connectivity index (χ4n) is 1.57. The van der Waals surface area contributed by atoms with Crippen LogP contribution in [0.4, 0.5) is 0 Å². The Morgan fingerprint density at radius 2 is 2.00 bits per heavy atom.